The number of rotatable bonds is 1. The second-order valence-corrected chi connectivity index (χ2v) is 5.06. The molecular weight excluding hydrogens is 176 g/mol. The molecule has 1 unspecified atom stereocenters. The molecule has 2 nitrogen and oxygen atoms in total. The third-order valence-corrected chi connectivity index (χ3v) is 2.67. The molecule has 1 atom stereocenters. The van der Waals surface area contributed by atoms with E-state index in [9.17, 15) is 4.79 Å². The van der Waals surface area contributed by atoms with Crippen molar-refractivity contribution in [2.75, 3.05) is 0 Å². The van der Waals surface area contributed by atoms with Crippen LogP contribution in [-0.2, 0) is 9.53 Å². The number of carbonyl (C=O) groups excluding carboxylic acids is 1. The van der Waals surface area contributed by atoms with E-state index in [4.69, 9.17) is 4.74 Å². The van der Waals surface area contributed by atoms with Gasteiger partial charge in [-0.05, 0) is 25.2 Å². The maximum atomic E-state index is 10.9. The predicted octanol–water partition coefficient (Wildman–Crippen LogP) is 3.07. The van der Waals surface area contributed by atoms with E-state index >= 15 is 0 Å². The average Bonchev–Trinajstić information content (AvgIpc) is 2.08. The molecule has 0 fully saturated rings. The Labute approximate surface area is 86.3 Å². The molecule has 0 heterocycles. The molecule has 1 rings (SSSR count). The zero-order valence-corrected chi connectivity index (χ0v) is 9.59. The van der Waals surface area contributed by atoms with Crippen LogP contribution in [0.1, 0.15) is 47.0 Å². The Bertz CT molecular complexity index is 251. The molecule has 0 saturated carbocycles. The van der Waals surface area contributed by atoms with E-state index in [0.717, 1.165) is 19.3 Å². The third kappa shape index (κ3) is 3.52. The van der Waals surface area contributed by atoms with Crippen LogP contribution in [0.15, 0.2) is 11.6 Å². The lowest BCUT2D eigenvalue weighted by atomic mass is 9.84. The summed E-state index contributed by atoms with van der Waals surface area (Å²) in [6.07, 6.45) is 5.27. The molecule has 1 aliphatic rings. The standard InChI is InChI=1S/C12H20O2/c1-9-5-6-12(3,4)8-11(7-9)14-10(2)13/h5,11H,6-8H2,1-4H3. The van der Waals surface area contributed by atoms with Gasteiger partial charge in [-0.25, -0.2) is 0 Å². The molecule has 14 heavy (non-hydrogen) atoms. The molecular formula is C12H20O2. The zero-order chi connectivity index (χ0) is 10.8. The molecule has 0 bridgehead atoms. The summed E-state index contributed by atoms with van der Waals surface area (Å²) < 4.78 is 5.30. The summed E-state index contributed by atoms with van der Waals surface area (Å²) in [5, 5.41) is 0. The van der Waals surface area contributed by atoms with E-state index < -0.39 is 0 Å². The number of carbonyl (C=O) groups is 1. The molecule has 0 spiro atoms. The summed E-state index contributed by atoms with van der Waals surface area (Å²) in [5.74, 6) is -0.166. The van der Waals surface area contributed by atoms with Crippen molar-refractivity contribution in [1.82, 2.24) is 0 Å². The van der Waals surface area contributed by atoms with Crippen LogP contribution < -0.4 is 0 Å². The second kappa shape index (κ2) is 4.16. The summed E-state index contributed by atoms with van der Waals surface area (Å²) in [7, 11) is 0. The van der Waals surface area contributed by atoms with Crippen molar-refractivity contribution in [2.24, 2.45) is 5.41 Å². The van der Waals surface area contributed by atoms with Crippen molar-refractivity contribution in [3.8, 4) is 0 Å². The molecule has 0 aromatic rings. The number of ether oxygens (including phenoxy) is 1. The molecule has 80 valence electrons. The van der Waals surface area contributed by atoms with Gasteiger partial charge in [-0.15, -0.1) is 0 Å². The first-order chi connectivity index (χ1) is 6.39. The first kappa shape index (κ1) is 11.3. The van der Waals surface area contributed by atoms with Crippen molar-refractivity contribution >= 4 is 5.97 Å². The van der Waals surface area contributed by atoms with Gasteiger partial charge >= 0.3 is 5.97 Å². The molecule has 2 heteroatoms. The van der Waals surface area contributed by atoms with Crippen LogP contribution in [0, 0.1) is 5.41 Å². The van der Waals surface area contributed by atoms with Crippen molar-refractivity contribution < 1.29 is 9.53 Å². The molecule has 0 radical (unpaired) electrons. The minimum absolute atomic E-state index is 0.0706. The first-order valence-corrected chi connectivity index (χ1v) is 5.22. The van der Waals surface area contributed by atoms with E-state index in [1.54, 1.807) is 0 Å². The lowest BCUT2D eigenvalue weighted by Gasteiger charge is -2.25. The van der Waals surface area contributed by atoms with Crippen LogP contribution in [0.3, 0.4) is 0 Å². The monoisotopic (exact) mass is 196 g/mol. The Morgan fingerprint density at radius 2 is 2.21 bits per heavy atom. The van der Waals surface area contributed by atoms with Gasteiger partial charge in [-0.2, -0.15) is 0 Å². The minimum atomic E-state index is -0.166. The highest BCUT2D eigenvalue weighted by molar-refractivity contribution is 5.66. The average molecular weight is 196 g/mol. The van der Waals surface area contributed by atoms with E-state index in [0.29, 0.717) is 0 Å². The van der Waals surface area contributed by atoms with E-state index in [1.165, 1.54) is 12.5 Å². The Hall–Kier alpha value is -0.790. The summed E-state index contributed by atoms with van der Waals surface area (Å²) in [5.41, 5.74) is 1.58. The van der Waals surface area contributed by atoms with Crippen LogP contribution in [-0.4, -0.2) is 12.1 Å². The van der Waals surface area contributed by atoms with Crippen molar-refractivity contribution in [3.05, 3.63) is 11.6 Å². The fourth-order valence-corrected chi connectivity index (χ4v) is 1.98. The smallest absolute Gasteiger partial charge is 0.302 e. The topological polar surface area (TPSA) is 26.3 Å². The quantitative estimate of drug-likeness (QED) is 0.476. The van der Waals surface area contributed by atoms with Crippen molar-refractivity contribution in [1.29, 1.82) is 0 Å². The van der Waals surface area contributed by atoms with Crippen LogP contribution in [0.25, 0.3) is 0 Å². The summed E-state index contributed by atoms with van der Waals surface area (Å²) in [6.45, 7) is 8.03. The number of hydrogen-bond acceptors (Lipinski definition) is 2. The highest BCUT2D eigenvalue weighted by Gasteiger charge is 2.27. The summed E-state index contributed by atoms with van der Waals surface area (Å²) >= 11 is 0. The SMILES string of the molecule is CC(=O)OC1CC(C)=CCC(C)(C)C1. The van der Waals surface area contributed by atoms with Gasteiger partial charge in [-0.1, -0.05) is 25.5 Å². The van der Waals surface area contributed by atoms with Gasteiger partial charge in [0.15, 0.2) is 0 Å². The predicted molar refractivity (Wildman–Crippen MR) is 56.9 cm³/mol. The Morgan fingerprint density at radius 1 is 1.57 bits per heavy atom. The van der Waals surface area contributed by atoms with Gasteiger partial charge < -0.3 is 4.74 Å². The largest absolute Gasteiger partial charge is 0.462 e. The molecule has 0 aromatic heterocycles. The highest BCUT2D eigenvalue weighted by Crippen LogP contribution is 2.34. The molecule has 0 aromatic carbocycles. The van der Waals surface area contributed by atoms with Crippen LogP contribution in [0.2, 0.25) is 0 Å². The van der Waals surface area contributed by atoms with Gasteiger partial charge in [0.2, 0.25) is 0 Å². The minimum Gasteiger partial charge on any atom is -0.462 e. The third-order valence-electron chi connectivity index (χ3n) is 2.67. The lowest BCUT2D eigenvalue weighted by Crippen LogP contribution is -2.23. The van der Waals surface area contributed by atoms with Crippen LogP contribution in [0.5, 0.6) is 0 Å². The fraction of sp³-hybridized carbons (Fsp3) is 0.750. The summed E-state index contributed by atoms with van der Waals surface area (Å²) in [6, 6.07) is 0. The number of hydrogen-bond donors (Lipinski definition) is 0. The van der Waals surface area contributed by atoms with Gasteiger partial charge in [0, 0.05) is 13.3 Å². The van der Waals surface area contributed by atoms with E-state index in [1.807, 2.05) is 0 Å². The Morgan fingerprint density at radius 3 is 2.79 bits per heavy atom. The van der Waals surface area contributed by atoms with Crippen LogP contribution >= 0.6 is 0 Å². The maximum Gasteiger partial charge on any atom is 0.302 e. The second-order valence-electron chi connectivity index (χ2n) is 5.06. The highest BCUT2D eigenvalue weighted by atomic mass is 16.5. The molecule has 0 amide bonds. The van der Waals surface area contributed by atoms with Crippen molar-refractivity contribution in [3.63, 3.8) is 0 Å². The van der Waals surface area contributed by atoms with Crippen molar-refractivity contribution in [2.45, 2.75) is 53.1 Å². The molecule has 1 aliphatic carbocycles. The first-order valence-electron chi connectivity index (χ1n) is 5.22. The van der Waals surface area contributed by atoms with Gasteiger partial charge in [0.1, 0.15) is 6.10 Å². The molecule has 0 N–H and O–H groups in total. The number of allylic oxidation sites excluding steroid dienone is 1. The lowest BCUT2D eigenvalue weighted by molar-refractivity contribution is -0.147. The van der Waals surface area contributed by atoms with Gasteiger partial charge in [0.05, 0.1) is 0 Å². The van der Waals surface area contributed by atoms with Gasteiger partial charge in [0.25, 0.3) is 0 Å². The zero-order valence-electron chi connectivity index (χ0n) is 9.59. The normalized spacial score (nSPS) is 26.3. The molecule has 0 saturated heterocycles. The van der Waals surface area contributed by atoms with E-state index in [-0.39, 0.29) is 17.5 Å². The maximum absolute atomic E-state index is 10.9. The van der Waals surface area contributed by atoms with Gasteiger partial charge in [-0.3, -0.25) is 4.79 Å². The Kier molecular flexibility index (Phi) is 3.35. The van der Waals surface area contributed by atoms with E-state index in [2.05, 4.69) is 26.8 Å². The summed E-state index contributed by atoms with van der Waals surface area (Å²) in [4.78, 5) is 10.9. The number of esters is 1. The molecule has 0 aliphatic heterocycles. The fourth-order valence-electron chi connectivity index (χ4n) is 1.98. The Balaban J connectivity index is 2.68. The van der Waals surface area contributed by atoms with Crippen LogP contribution in [0.4, 0.5) is 0 Å².